The van der Waals surface area contributed by atoms with Gasteiger partial charge in [-0.25, -0.2) is 19.0 Å². The van der Waals surface area contributed by atoms with Crippen LogP contribution in [0.5, 0.6) is 0 Å². The third-order valence-electron chi connectivity index (χ3n) is 4.87. The van der Waals surface area contributed by atoms with E-state index < -0.39 is 0 Å². The molecule has 2 aromatic carbocycles. The highest BCUT2D eigenvalue weighted by Gasteiger charge is 2.13. The van der Waals surface area contributed by atoms with Gasteiger partial charge in [-0.15, -0.1) is 24.0 Å². The van der Waals surface area contributed by atoms with E-state index in [0.717, 1.165) is 24.1 Å². The minimum atomic E-state index is -0.260. The number of anilines is 1. The second kappa shape index (κ2) is 9.82. The summed E-state index contributed by atoms with van der Waals surface area (Å²) in [5.74, 6) is 0.654. The molecule has 0 saturated heterocycles. The van der Waals surface area contributed by atoms with E-state index >= 15 is 0 Å². The average Bonchev–Trinajstić information content (AvgIpc) is 3.14. The summed E-state index contributed by atoms with van der Waals surface area (Å²) in [5.41, 5.74) is 10.7. The highest BCUT2D eigenvalue weighted by molar-refractivity contribution is 14.0. The number of guanidine groups is 1. The largest absolute Gasteiger partial charge is 0.370 e. The normalized spacial score (nSPS) is 13.5. The lowest BCUT2D eigenvalue weighted by Gasteiger charge is -2.19. The van der Waals surface area contributed by atoms with Crippen molar-refractivity contribution in [3.05, 3.63) is 77.1 Å². The Morgan fingerprint density at radius 1 is 1.17 bits per heavy atom. The van der Waals surface area contributed by atoms with E-state index in [1.165, 1.54) is 36.1 Å². The number of benzene rings is 2. The summed E-state index contributed by atoms with van der Waals surface area (Å²) in [4.78, 5) is 8.61. The molecular formula is C21H24FIN6. The van der Waals surface area contributed by atoms with Crippen LogP contribution in [-0.4, -0.2) is 20.7 Å². The molecule has 0 amide bonds. The SMILES string of the molecule is I.NC(=NCc1ncn(Cc2cccc(F)c2)n1)Nc1cccc2c1CCCC2. The van der Waals surface area contributed by atoms with Crippen LogP contribution in [0.15, 0.2) is 53.8 Å². The molecule has 0 unspecified atom stereocenters. The highest BCUT2D eigenvalue weighted by Crippen LogP contribution is 2.27. The van der Waals surface area contributed by atoms with Gasteiger partial charge in [-0.1, -0.05) is 24.3 Å². The van der Waals surface area contributed by atoms with Crippen molar-refractivity contribution in [2.45, 2.75) is 38.8 Å². The molecule has 0 fully saturated rings. The zero-order valence-corrected chi connectivity index (χ0v) is 18.3. The fraction of sp³-hybridized carbons (Fsp3) is 0.286. The third-order valence-corrected chi connectivity index (χ3v) is 4.87. The second-order valence-corrected chi connectivity index (χ2v) is 6.97. The Bertz CT molecular complexity index is 1000. The molecule has 0 aliphatic heterocycles. The van der Waals surface area contributed by atoms with Gasteiger partial charge in [-0.05, 0) is 60.6 Å². The van der Waals surface area contributed by atoms with Gasteiger partial charge >= 0.3 is 0 Å². The number of aliphatic imine (C=N–C) groups is 1. The Morgan fingerprint density at radius 3 is 2.86 bits per heavy atom. The lowest BCUT2D eigenvalue weighted by molar-refractivity contribution is 0.618. The fourth-order valence-electron chi connectivity index (χ4n) is 3.54. The van der Waals surface area contributed by atoms with E-state index in [0.29, 0.717) is 18.3 Å². The third kappa shape index (κ3) is 5.53. The number of aromatic nitrogens is 3. The lowest BCUT2D eigenvalue weighted by Crippen LogP contribution is -2.24. The molecule has 1 aliphatic carbocycles. The summed E-state index contributed by atoms with van der Waals surface area (Å²) in [5, 5.41) is 7.59. The standard InChI is InChI=1S/C21H23FN6.HI/c22-17-8-3-5-15(11-17)13-28-14-25-20(27-28)12-24-21(23)26-19-10-4-7-16-6-1-2-9-18(16)19;/h3-5,7-8,10-11,14H,1-2,6,9,12-13H2,(H3,23,24,26);1H. The molecule has 0 atom stereocenters. The Kier molecular flexibility index (Phi) is 7.18. The molecule has 0 saturated carbocycles. The maximum Gasteiger partial charge on any atom is 0.193 e. The molecule has 6 nitrogen and oxygen atoms in total. The van der Waals surface area contributed by atoms with Gasteiger partial charge in [-0.2, -0.15) is 5.10 Å². The Labute approximate surface area is 186 Å². The summed E-state index contributed by atoms with van der Waals surface area (Å²) >= 11 is 0. The van der Waals surface area contributed by atoms with Gasteiger partial charge in [0.2, 0.25) is 0 Å². The van der Waals surface area contributed by atoms with Crippen molar-refractivity contribution >= 4 is 35.6 Å². The van der Waals surface area contributed by atoms with Crippen LogP contribution in [0.2, 0.25) is 0 Å². The first kappa shape index (κ1) is 21.2. The van der Waals surface area contributed by atoms with Crippen molar-refractivity contribution in [3.8, 4) is 0 Å². The van der Waals surface area contributed by atoms with E-state index in [-0.39, 0.29) is 36.3 Å². The number of fused-ring (bicyclic) bond motifs is 1. The van der Waals surface area contributed by atoms with Crippen molar-refractivity contribution in [1.82, 2.24) is 14.8 Å². The summed E-state index contributed by atoms with van der Waals surface area (Å²) in [7, 11) is 0. The Balaban J connectivity index is 0.00000240. The maximum atomic E-state index is 13.3. The van der Waals surface area contributed by atoms with Crippen LogP contribution in [-0.2, 0) is 25.9 Å². The molecule has 3 aromatic rings. The van der Waals surface area contributed by atoms with Gasteiger partial charge in [0, 0.05) is 5.69 Å². The molecule has 29 heavy (non-hydrogen) atoms. The van der Waals surface area contributed by atoms with Crippen molar-refractivity contribution in [2.75, 3.05) is 5.32 Å². The molecule has 1 aromatic heterocycles. The molecule has 3 N–H and O–H groups in total. The Hall–Kier alpha value is -2.49. The van der Waals surface area contributed by atoms with Gasteiger partial charge in [-0.3, -0.25) is 0 Å². The first-order valence-corrected chi connectivity index (χ1v) is 9.48. The zero-order valence-electron chi connectivity index (χ0n) is 16.0. The van der Waals surface area contributed by atoms with Crippen LogP contribution in [0, 0.1) is 5.82 Å². The minimum absolute atomic E-state index is 0. The number of aryl methyl sites for hydroxylation is 1. The highest BCUT2D eigenvalue weighted by atomic mass is 127. The minimum Gasteiger partial charge on any atom is -0.370 e. The van der Waals surface area contributed by atoms with Crippen molar-refractivity contribution in [3.63, 3.8) is 0 Å². The molecular weight excluding hydrogens is 482 g/mol. The van der Waals surface area contributed by atoms with Gasteiger partial charge in [0.25, 0.3) is 0 Å². The number of halogens is 2. The molecule has 0 bridgehead atoms. The fourth-order valence-corrected chi connectivity index (χ4v) is 3.54. The summed E-state index contributed by atoms with van der Waals surface area (Å²) in [6, 6.07) is 12.7. The molecule has 8 heteroatoms. The quantitative estimate of drug-likeness (QED) is 0.313. The molecule has 1 heterocycles. The second-order valence-electron chi connectivity index (χ2n) is 6.97. The van der Waals surface area contributed by atoms with Crippen LogP contribution in [0.4, 0.5) is 10.1 Å². The van der Waals surface area contributed by atoms with Gasteiger partial charge < -0.3 is 11.1 Å². The number of hydrogen-bond acceptors (Lipinski definition) is 3. The van der Waals surface area contributed by atoms with E-state index in [2.05, 4.69) is 32.5 Å². The molecule has 0 spiro atoms. The van der Waals surface area contributed by atoms with Crippen LogP contribution >= 0.6 is 24.0 Å². The van der Waals surface area contributed by atoms with Crippen molar-refractivity contribution in [2.24, 2.45) is 10.7 Å². The van der Waals surface area contributed by atoms with Gasteiger partial charge in [0.05, 0.1) is 6.54 Å². The van der Waals surface area contributed by atoms with Crippen molar-refractivity contribution in [1.29, 1.82) is 0 Å². The van der Waals surface area contributed by atoms with E-state index in [1.807, 2.05) is 12.1 Å². The van der Waals surface area contributed by atoms with Gasteiger partial charge in [0.1, 0.15) is 18.7 Å². The number of nitrogens with one attached hydrogen (secondary N) is 1. The number of nitrogens with zero attached hydrogens (tertiary/aromatic N) is 4. The maximum absolute atomic E-state index is 13.3. The smallest absolute Gasteiger partial charge is 0.193 e. The summed E-state index contributed by atoms with van der Waals surface area (Å²) in [6.45, 7) is 0.738. The number of rotatable bonds is 5. The predicted molar refractivity (Wildman–Crippen MR) is 123 cm³/mol. The van der Waals surface area contributed by atoms with Crippen molar-refractivity contribution < 1.29 is 4.39 Å². The number of hydrogen-bond donors (Lipinski definition) is 2. The summed E-state index contributed by atoms with van der Waals surface area (Å²) in [6.07, 6.45) is 6.25. The van der Waals surface area contributed by atoms with Crippen LogP contribution in [0.1, 0.15) is 35.4 Å². The average molecular weight is 506 g/mol. The Morgan fingerprint density at radius 2 is 2.00 bits per heavy atom. The summed E-state index contributed by atoms with van der Waals surface area (Å²) < 4.78 is 14.9. The van der Waals surface area contributed by atoms with Crippen LogP contribution in [0.3, 0.4) is 0 Å². The zero-order chi connectivity index (χ0) is 19.3. The molecule has 1 aliphatic rings. The van der Waals surface area contributed by atoms with Crippen LogP contribution in [0.25, 0.3) is 0 Å². The number of nitrogens with two attached hydrogens (primary N) is 1. The lowest BCUT2D eigenvalue weighted by atomic mass is 9.90. The molecule has 152 valence electrons. The van der Waals surface area contributed by atoms with Gasteiger partial charge in [0.15, 0.2) is 11.8 Å². The predicted octanol–water partition coefficient (Wildman–Crippen LogP) is 3.89. The first-order valence-electron chi connectivity index (χ1n) is 9.48. The van der Waals surface area contributed by atoms with E-state index in [1.54, 1.807) is 17.1 Å². The van der Waals surface area contributed by atoms with E-state index in [4.69, 9.17) is 5.73 Å². The van der Waals surface area contributed by atoms with Crippen LogP contribution < -0.4 is 11.1 Å². The monoisotopic (exact) mass is 506 g/mol. The van der Waals surface area contributed by atoms with E-state index in [9.17, 15) is 4.39 Å². The first-order chi connectivity index (χ1) is 13.7. The molecule has 4 rings (SSSR count). The topological polar surface area (TPSA) is 81.1 Å². The molecule has 0 radical (unpaired) electrons.